The van der Waals surface area contributed by atoms with E-state index in [1.54, 1.807) is 0 Å². The molecule has 0 radical (unpaired) electrons. The first-order valence-electron chi connectivity index (χ1n) is 9.71. The fourth-order valence-corrected chi connectivity index (χ4v) is 7.44. The summed E-state index contributed by atoms with van der Waals surface area (Å²) >= 11 is 0. The summed E-state index contributed by atoms with van der Waals surface area (Å²) in [5.41, 5.74) is 3.54. The average molecular weight is 314 g/mol. The van der Waals surface area contributed by atoms with E-state index >= 15 is 0 Å². The standard InChI is InChI=1S/C20H30N2O/c1-19-8-7-16-14(15(19)5-6-18(19)23)4-3-13-9-17-12(11-21-22-17)10-20(13,16)2/h11,13-16,18,23H,3-10H2,1-2H3,(H,21,22)/t13-,14+,15-,16+,18-,19-,20-/m0/s1. The molecule has 0 aliphatic heterocycles. The lowest BCUT2D eigenvalue weighted by Crippen LogP contribution is -2.54. The molecule has 0 bridgehead atoms. The minimum absolute atomic E-state index is 0.0502. The third-order valence-corrected chi connectivity index (χ3v) is 8.84. The van der Waals surface area contributed by atoms with Gasteiger partial charge in [-0.1, -0.05) is 13.8 Å². The summed E-state index contributed by atoms with van der Waals surface area (Å²) < 4.78 is 0. The first-order chi connectivity index (χ1) is 11.0. The van der Waals surface area contributed by atoms with Crippen molar-refractivity contribution in [3.63, 3.8) is 0 Å². The van der Waals surface area contributed by atoms with E-state index in [-0.39, 0.29) is 11.5 Å². The zero-order valence-electron chi connectivity index (χ0n) is 14.5. The molecule has 4 aliphatic rings. The highest BCUT2D eigenvalue weighted by molar-refractivity contribution is 5.25. The number of rotatable bonds is 0. The Morgan fingerprint density at radius 1 is 1.09 bits per heavy atom. The Morgan fingerprint density at radius 2 is 1.91 bits per heavy atom. The predicted octanol–water partition coefficient (Wildman–Crippen LogP) is 3.73. The van der Waals surface area contributed by atoms with E-state index in [4.69, 9.17) is 0 Å². The summed E-state index contributed by atoms with van der Waals surface area (Å²) in [6.45, 7) is 4.97. The van der Waals surface area contributed by atoms with Crippen molar-refractivity contribution in [2.24, 2.45) is 34.5 Å². The van der Waals surface area contributed by atoms with Crippen LogP contribution in [0.3, 0.4) is 0 Å². The van der Waals surface area contributed by atoms with Crippen molar-refractivity contribution >= 4 is 0 Å². The molecule has 3 saturated carbocycles. The van der Waals surface area contributed by atoms with Gasteiger partial charge in [-0.3, -0.25) is 5.10 Å². The first kappa shape index (κ1) is 14.5. The van der Waals surface area contributed by atoms with E-state index in [0.29, 0.717) is 5.41 Å². The Morgan fingerprint density at radius 3 is 2.78 bits per heavy atom. The molecule has 5 rings (SSSR count). The molecule has 3 fully saturated rings. The molecule has 1 aromatic heterocycles. The third kappa shape index (κ3) is 1.78. The van der Waals surface area contributed by atoms with Crippen molar-refractivity contribution < 1.29 is 5.11 Å². The lowest BCUT2D eigenvalue weighted by Gasteiger charge is -2.60. The number of H-pyrrole nitrogens is 1. The van der Waals surface area contributed by atoms with Gasteiger partial charge in [0.05, 0.1) is 12.3 Å². The second-order valence-corrected chi connectivity index (χ2v) is 9.55. The topological polar surface area (TPSA) is 48.9 Å². The predicted molar refractivity (Wildman–Crippen MR) is 89.9 cm³/mol. The zero-order valence-corrected chi connectivity index (χ0v) is 14.5. The second-order valence-electron chi connectivity index (χ2n) is 9.55. The van der Waals surface area contributed by atoms with E-state index < -0.39 is 0 Å². The average Bonchev–Trinajstić information content (AvgIpc) is 3.08. The summed E-state index contributed by atoms with van der Waals surface area (Å²) in [5.74, 6) is 3.29. The molecule has 0 amide bonds. The number of aromatic amines is 1. The molecule has 0 aromatic carbocycles. The van der Waals surface area contributed by atoms with Gasteiger partial charge in [0.1, 0.15) is 0 Å². The van der Waals surface area contributed by atoms with Gasteiger partial charge in [0.2, 0.25) is 0 Å². The van der Waals surface area contributed by atoms with E-state index in [0.717, 1.165) is 30.1 Å². The largest absolute Gasteiger partial charge is 0.393 e. The summed E-state index contributed by atoms with van der Waals surface area (Å²) in [6, 6.07) is 0. The lowest BCUT2D eigenvalue weighted by atomic mass is 9.45. The van der Waals surface area contributed by atoms with Crippen LogP contribution in [0.1, 0.15) is 63.6 Å². The number of hydrogen-bond acceptors (Lipinski definition) is 2. The van der Waals surface area contributed by atoms with Gasteiger partial charge in [0.25, 0.3) is 0 Å². The molecular formula is C20H30N2O. The van der Waals surface area contributed by atoms with Crippen LogP contribution >= 0.6 is 0 Å². The minimum atomic E-state index is -0.0502. The molecule has 7 atom stereocenters. The van der Waals surface area contributed by atoms with Crippen LogP contribution in [0.5, 0.6) is 0 Å². The van der Waals surface area contributed by atoms with Crippen molar-refractivity contribution in [2.45, 2.75) is 71.3 Å². The fraction of sp³-hybridized carbons (Fsp3) is 0.850. The second kappa shape index (κ2) is 4.62. The van der Waals surface area contributed by atoms with Gasteiger partial charge in [-0.05, 0) is 91.4 Å². The van der Waals surface area contributed by atoms with Crippen molar-refractivity contribution in [2.75, 3.05) is 0 Å². The van der Waals surface area contributed by atoms with Gasteiger partial charge in [-0.15, -0.1) is 0 Å². The molecule has 126 valence electrons. The molecule has 3 nitrogen and oxygen atoms in total. The number of aliphatic hydroxyl groups is 1. The van der Waals surface area contributed by atoms with E-state index in [2.05, 4.69) is 30.2 Å². The fourth-order valence-electron chi connectivity index (χ4n) is 7.44. The van der Waals surface area contributed by atoms with Crippen LogP contribution in [-0.2, 0) is 12.8 Å². The Hall–Kier alpha value is -0.830. The van der Waals surface area contributed by atoms with E-state index in [9.17, 15) is 5.11 Å². The summed E-state index contributed by atoms with van der Waals surface area (Å²) in [7, 11) is 0. The van der Waals surface area contributed by atoms with Crippen molar-refractivity contribution in [3.05, 3.63) is 17.5 Å². The van der Waals surface area contributed by atoms with E-state index in [1.165, 1.54) is 56.2 Å². The maximum Gasteiger partial charge on any atom is 0.0596 e. The quantitative estimate of drug-likeness (QED) is 0.766. The number of fused-ring (bicyclic) bond motifs is 6. The van der Waals surface area contributed by atoms with Crippen LogP contribution < -0.4 is 0 Å². The van der Waals surface area contributed by atoms with Crippen molar-refractivity contribution in [1.82, 2.24) is 10.2 Å². The molecule has 0 unspecified atom stereocenters. The summed E-state index contributed by atoms with van der Waals surface area (Å²) in [6.07, 6.45) is 12.1. The molecule has 1 aromatic rings. The van der Waals surface area contributed by atoms with Gasteiger partial charge in [-0.25, -0.2) is 0 Å². The van der Waals surface area contributed by atoms with E-state index in [1.807, 2.05) is 0 Å². The summed E-state index contributed by atoms with van der Waals surface area (Å²) in [5, 5.41) is 18.1. The van der Waals surface area contributed by atoms with Crippen LogP contribution in [0, 0.1) is 34.5 Å². The Bertz CT molecular complexity index is 625. The van der Waals surface area contributed by atoms with Crippen LogP contribution in [0.15, 0.2) is 6.20 Å². The molecular weight excluding hydrogens is 284 g/mol. The highest BCUT2D eigenvalue weighted by Crippen LogP contribution is 2.65. The maximum atomic E-state index is 10.6. The monoisotopic (exact) mass is 314 g/mol. The molecule has 23 heavy (non-hydrogen) atoms. The molecule has 0 saturated heterocycles. The minimum Gasteiger partial charge on any atom is -0.393 e. The Kier molecular flexibility index (Phi) is 2.92. The number of nitrogens with zero attached hydrogens (tertiary/aromatic N) is 1. The van der Waals surface area contributed by atoms with Gasteiger partial charge in [-0.2, -0.15) is 5.10 Å². The molecule has 0 spiro atoms. The molecule has 3 heteroatoms. The van der Waals surface area contributed by atoms with Crippen LogP contribution in [0.25, 0.3) is 0 Å². The number of aromatic nitrogens is 2. The highest BCUT2D eigenvalue weighted by Gasteiger charge is 2.60. The maximum absolute atomic E-state index is 10.6. The van der Waals surface area contributed by atoms with Crippen LogP contribution in [-0.4, -0.2) is 21.4 Å². The zero-order chi connectivity index (χ0) is 15.8. The Labute approximate surface area is 139 Å². The lowest BCUT2D eigenvalue weighted by molar-refractivity contribution is -0.111. The normalized spacial score (nSPS) is 51.5. The van der Waals surface area contributed by atoms with Crippen molar-refractivity contribution in [1.29, 1.82) is 0 Å². The number of aliphatic hydroxyl groups excluding tert-OH is 1. The highest BCUT2D eigenvalue weighted by atomic mass is 16.3. The van der Waals surface area contributed by atoms with Gasteiger partial charge < -0.3 is 5.11 Å². The van der Waals surface area contributed by atoms with Gasteiger partial charge in [0, 0.05) is 5.69 Å². The number of nitrogens with one attached hydrogen (secondary N) is 1. The third-order valence-electron chi connectivity index (χ3n) is 8.84. The van der Waals surface area contributed by atoms with Crippen molar-refractivity contribution in [3.8, 4) is 0 Å². The molecule has 4 aliphatic carbocycles. The number of hydrogen-bond donors (Lipinski definition) is 2. The SMILES string of the molecule is C[C@]12Cc3cn[nH]c3C[C@@H]1CC[C@H]1[C@H]2CC[C@]2(C)[C@@H](O)CC[C@@H]12. The smallest absolute Gasteiger partial charge is 0.0596 e. The van der Waals surface area contributed by atoms with Crippen LogP contribution in [0.4, 0.5) is 0 Å². The Balaban J connectivity index is 1.50. The first-order valence-corrected chi connectivity index (χ1v) is 9.71. The molecule has 2 N–H and O–H groups in total. The summed E-state index contributed by atoms with van der Waals surface area (Å²) in [4.78, 5) is 0. The van der Waals surface area contributed by atoms with Crippen LogP contribution in [0.2, 0.25) is 0 Å². The molecule has 1 heterocycles. The van der Waals surface area contributed by atoms with Gasteiger partial charge >= 0.3 is 0 Å². The van der Waals surface area contributed by atoms with Gasteiger partial charge in [0.15, 0.2) is 0 Å².